The molecular formula is C15H22BrN3O. The topological polar surface area (TPSA) is 57.0 Å². The second kappa shape index (κ2) is 5.74. The summed E-state index contributed by atoms with van der Waals surface area (Å²) >= 11 is 3.64. The molecule has 0 radical (unpaired) electrons. The summed E-state index contributed by atoms with van der Waals surface area (Å²) in [5, 5.41) is 4.52. The van der Waals surface area contributed by atoms with Crippen molar-refractivity contribution in [2.24, 2.45) is 12.8 Å². The molecule has 0 aromatic carbocycles. The van der Waals surface area contributed by atoms with E-state index in [4.69, 9.17) is 10.2 Å². The Morgan fingerprint density at radius 1 is 1.30 bits per heavy atom. The molecule has 0 aliphatic rings. The molecule has 0 spiro atoms. The summed E-state index contributed by atoms with van der Waals surface area (Å²) in [5.41, 5.74) is 10.9. The lowest BCUT2D eigenvalue weighted by molar-refractivity contribution is 0.495. The van der Waals surface area contributed by atoms with Crippen molar-refractivity contribution in [3.8, 4) is 0 Å². The standard InChI is InChI=1S/C15H22BrN3O/c1-6-12-15(16)13(19(5)18-12)7-11(17)14-8(2)9(3)20-10(14)4/h11H,6-7,17H2,1-5H3. The molecule has 0 saturated carbocycles. The van der Waals surface area contributed by atoms with E-state index in [0.29, 0.717) is 0 Å². The first kappa shape index (κ1) is 15.3. The third-order valence-electron chi connectivity index (χ3n) is 3.90. The molecule has 0 fully saturated rings. The van der Waals surface area contributed by atoms with E-state index in [1.165, 1.54) is 0 Å². The first-order chi connectivity index (χ1) is 9.36. The van der Waals surface area contributed by atoms with E-state index in [1.54, 1.807) is 0 Å². The summed E-state index contributed by atoms with van der Waals surface area (Å²) < 4.78 is 8.67. The van der Waals surface area contributed by atoms with Crippen LogP contribution in [0.2, 0.25) is 0 Å². The summed E-state index contributed by atoms with van der Waals surface area (Å²) in [6.07, 6.45) is 1.65. The summed E-state index contributed by atoms with van der Waals surface area (Å²) in [7, 11) is 1.96. The Bertz CT molecular complexity index is 628. The second-order valence-corrected chi connectivity index (χ2v) is 6.04. The summed E-state index contributed by atoms with van der Waals surface area (Å²) in [4.78, 5) is 0. The van der Waals surface area contributed by atoms with Gasteiger partial charge >= 0.3 is 0 Å². The van der Waals surface area contributed by atoms with Gasteiger partial charge < -0.3 is 10.2 Å². The molecule has 1 unspecified atom stereocenters. The molecule has 2 N–H and O–H groups in total. The van der Waals surface area contributed by atoms with Crippen molar-refractivity contribution in [3.05, 3.63) is 38.5 Å². The molecule has 2 aromatic rings. The number of furan rings is 1. The van der Waals surface area contributed by atoms with Crippen LogP contribution in [0.3, 0.4) is 0 Å². The lowest BCUT2D eigenvalue weighted by atomic mass is 9.99. The molecule has 5 heteroatoms. The average molecular weight is 340 g/mol. The maximum absolute atomic E-state index is 6.41. The lowest BCUT2D eigenvalue weighted by Crippen LogP contribution is -2.17. The van der Waals surface area contributed by atoms with Crippen LogP contribution in [-0.4, -0.2) is 9.78 Å². The molecular weight excluding hydrogens is 318 g/mol. The van der Waals surface area contributed by atoms with Crippen LogP contribution < -0.4 is 5.73 Å². The van der Waals surface area contributed by atoms with Crippen molar-refractivity contribution in [2.75, 3.05) is 0 Å². The van der Waals surface area contributed by atoms with Gasteiger partial charge in [0.15, 0.2) is 0 Å². The normalized spacial score (nSPS) is 12.9. The van der Waals surface area contributed by atoms with E-state index in [2.05, 4.69) is 34.9 Å². The highest BCUT2D eigenvalue weighted by Crippen LogP contribution is 2.30. The molecule has 2 aromatic heterocycles. The molecule has 4 nitrogen and oxygen atoms in total. The van der Waals surface area contributed by atoms with Gasteiger partial charge in [0.25, 0.3) is 0 Å². The van der Waals surface area contributed by atoms with Gasteiger partial charge in [0.1, 0.15) is 11.5 Å². The largest absolute Gasteiger partial charge is 0.466 e. The van der Waals surface area contributed by atoms with Gasteiger partial charge in [0.05, 0.1) is 15.9 Å². The van der Waals surface area contributed by atoms with Crippen LogP contribution in [-0.2, 0) is 19.9 Å². The zero-order valence-corrected chi connectivity index (χ0v) is 14.3. The second-order valence-electron chi connectivity index (χ2n) is 5.25. The van der Waals surface area contributed by atoms with Gasteiger partial charge in [-0.3, -0.25) is 4.68 Å². The van der Waals surface area contributed by atoms with Gasteiger partial charge in [-0.05, 0) is 48.7 Å². The molecule has 0 amide bonds. The first-order valence-corrected chi connectivity index (χ1v) is 7.68. The van der Waals surface area contributed by atoms with Crippen LogP contribution in [0.1, 0.15) is 47.0 Å². The van der Waals surface area contributed by atoms with Crippen molar-refractivity contribution in [1.82, 2.24) is 9.78 Å². The number of hydrogen-bond donors (Lipinski definition) is 1. The van der Waals surface area contributed by atoms with Crippen LogP contribution in [0.5, 0.6) is 0 Å². The third kappa shape index (κ3) is 2.56. The predicted octanol–water partition coefficient (Wildman–Crippen LogP) is 3.51. The predicted molar refractivity (Wildman–Crippen MR) is 83.8 cm³/mol. The van der Waals surface area contributed by atoms with Crippen molar-refractivity contribution < 1.29 is 4.42 Å². The molecule has 2 rings (SSSR count). The molecule has 110 valence electrons. The van der Waals surface area contributed by atoms with Crippen molar-refractivity contribution in [2.45, 2.75) is 46.6 Å². The minimum absolute atomic E-state index is 0.0798. The number of halogens is 1. The van der Waals surface area contributed by atoms with Crippen LogP contribution in [0.4, 0.5) is 0 Å². The summed E-state index contributed by atoms with van der Waals surface area (Å²) in [6.45, 7) is 8.13. The molecule has 0 aliphatic carbocycles. The summed E-state index contributed by atoms with van der Waals surface area (Å²) in [6, 6.07) is -0.0798. The van der Waals surface area contributed by atoms with Crippen molar-refractivity contribution in [1.29, 1.82) is 0 Å². The monoisotopic (exact) mass is 339 g/mol. The van der Waals surface area contributed by atoms with E-state index < -0.39 is 0 Å². The highest BCUT2D eigenvalue weighted by Gasteiger charge is 2.21. The Labute approximate surface area is 128 Å². The highest BCUT2D eigenvalue weighted by atomic mass is 79.9. The maximum Gasteiger partial charge on any atom is 0.106 e. The van der Waals surface area contributed by atoms with Crippen LogP contribution >= 0.6 is 15.9 Å². The number of rotatable bonds is 4. The fraction of sp³-hybridized carbons (Fsp3) is 0.533. The Kier molecular flexibility index (Phi) is 4.39. The minimum atomic E-state index is -0.0798. The van der Waals surface area contributed by atoms with E-state index in [0.717, 1.165) is 51.3 Å². The number of hydrogen-bond acceptors (Lipinski definition) is 3. The third-order valence-corrected chi connectivity index (χ3v) is 4.82. The van der Waals surface area contributed by atoms with E-state index in [9.17, 15) is 0 Å². The van der Waals surface area contributed by atoms with E-state index >= 15 is 0 Å². The Morgan fingerprint density at radius 2 is 1.95 bits per heavy atom. The number of nitrogens with zero attached hydrogens (tertiary/aromatic N) is 2. The van der Waals surface area contributed by atoms with Crippen LogP contribution in [0, 0.1) is 20.8 Å². The average Bonchev–Trinajstić information content (AvgIpc) is 2.79. The number of nitrogens with two attached hydrogens (primary N) is 1. The van der Waals surface area contributed by atoms with Gasteiger partial charge in [0.2, 0.25) is 0 Å². The Balaban J connectivity index is 2.32. The zero-order valence-electron chi connectivity index (χ0n) is 12.7. The van der Waals surface area contributed by atoms with Gasteiger partial charge in [-0.1, -0.05) is 6.92 Å². The highest BCUT2D eigenvalue weighted by molar-refractivity contribution is 9.10. The molecule has 0 aliphatic heterocycles. The van der Waals surface area contributed by atoms with Crippen LogP contribution in [0.15, 0.2) is 8.89 Å². The molecule has 2 heterocycles. The Hall–Kier alpha value is -1.07. The van der Waals surface area contributed by atoms with Crippen molar-refractivity contribution >= 4 is 15.9 Å². The summed E-state index contributed by atoms with van der Waals surface area (Å²) in [5.74, 6) is 1.87. The fourth-order valence-corrected chi connectivity index (χ4v) is 3.48. The maximum atomic E-state index is 6.41. The molecule has 20 heavy (non-hydrogen) atoms. The van der Waals surface area contributed by atoms with Gasteiger partial charge in [0, 0.05) is 25.1 Å². The minimum Gasteiger partial charge on any atom is -0.466 e. The first-order valence-electron chi connectivity index (χ1n) is 6.89. The zero-order chi connectivity index (χ0) is 15.0. The number of aryl methyl sites for hydroxylation is 4. The number of aromatic nitrogens is 2. The fourth-order valence-electron chi connectivity index (χ4n) is 2.71. The van der Waals surface area contributed by atoms with Crippen LogP contribution in [0.25, 0.3) is 0 Å². The molecule has 0 bridgehead atoms. The van der Waals surface area contributed by atoms with E-state index in [-0.39, 0.29) is 6.04 Å². The lowest BCUT2D eigenvalue weighted by Gasteiger charge is -2.13. The smallest absolute Gasteiger partial charge is 0.106 e. The van der Waals surface area contributed by atoms with Crippen molar-refractivity contribution in [3.63, 3.8) is 0 Å². The van der Waals surface area contributed by atoms with Gasteiger partial charge in [-0.25, -0.2) is 0 Å². The van der Waals surface area contributed by atoms with Gasteiger partial charge in [-0.15, -0.1) is 0 Å². The van der Waals surface area contributed by atoms with Gasteiger partial charge in [-0.2, -0.15) is 5.10 Å². The SMILES string of the molecule is CCc1nn(C)c(CC(N)c2c(C)oc(C)c2C)c1Br. The van der Waals surface area contributed by atoms with E-state index in [1.807, 2.05) is 25.6 Å². The Morgan fingerprint density at radius 3 is 2.40 bits per heavy atom. The molecule has 0 saturated heterocycles. The molecule has 1 atom stereocenters. The quantitative estimate of drug-likeness (QED) is 0.927.